The van der Waals surface area contributed by atoms with Gasteiger partial charge in [0.25, 0.3) is 0 Å². The van der Waals surface area contributed by atoms with Crippen molar-refractivity contribution in [2.24, 2.45) is 0 Å². The zero-order valence-electron chi connectivity index (χ0n) is 7.96. The summed E-state index contributed by atoms with van der Waals surface area (Å²) in [6.07, 6.45) is 0. The van der Waals surface area contributed by atoms with Gasteiger partial charge in [0.2, 0.25) is 0 Å². The van der Waals surface area contributed by atoms with E-state index in [2.05, 4.69) is 0 Å². The van der Waals surface area contributed by atoms with Crippen molar-refractivity contribution in [3.8, 4) is 0 Å². The van der Waals surface area contributed by atoms with Crippen molar-refractivity contribution >= 4 is 57.1 Å². The minimum absolute atomic E-state index is 0.126. The topological polar surface area (TPSA) is 52.6 Å². The maximum Gasteiger partial charge on any atom is 0.318 e. The van der Waals surface area contributed by atoms with Crippen molar-refractivity contribution in [3.05, 3.63) is 0 Å². The van der Waals surface area contributed by atoms with Crippen LogP contribution < -0.4 is 0 Å². The summed E-state index contributed by atoms with van der Waals surface area (Å²) in [5.74, 6) is -0.576. The Morgan fingerprint density at radius 2 is 1.29 bits per heavy atom. The van der Waals surface area contributed by atoms with E-state index >= 15 is 0 Å². The second-order valence-corrected chi connectivity index (χ2v) is 6.30. The lowest BCUT2D eigenvalue weighted by Crippen LogP contribution is -2.20. The van der Waals surface area contributed by atoms with E-state index in [9.17, 15) is 9.59 Å². The minimum Gasteiger partial charge on any atom is -0.461 e. The molecule has 0 saturated carbocycles. The van der Waals surface area contributed by atoms with E-state index in [0.29, 0.717) is 0 Å². The second kappa shape index (κ2) is 7.66. The smallest absolute Gasteiger partial charge is 0.318 e. The largest absolute Gasteiger partial charge is 0.461 e. The average Bonchev–Trinajstić information content (AvgIpc) is 2.11. The van der Waals surface area contributed by atoms with Crippen molar-refractivity contribution in [1.82, 2.24) is 0 Å². The summed E-state index contributed by atoms with van der Waals surface area (Å²) in [6.45, 7) is 3.73. The number of alkyl halides is 2. The Morgan fingerprint density at radius 3 is 1.50 bits per heavy atom. The predicted molar refractivity (Wildman–Crippen MR) is 68.9 cm³/mol. The van der Waals surface area contributed by atoms with Gasteiger partial charge in [0.1, 0.15) is 21.1 Å². The number of carbonyl (C=O) groups is 2. The lowest BCUT2D eigenvalue weighted by molar-refractivity contribution is -0.150. The number of hydrogen-bond acceptors (Lipinski definition) is 4. The van der Waals surface area contributed by atoms with Gasteiger partial charge in [-0.25, -0.2) is 0 Å². The standard InChI is InChI=1S/C8H12I2O4/c1-5(9)7(11)13-3-4-14-8(12)6(2)10/h5-6H,3-4H2,1-2H3. The quantitative estimate of drug-likeness (QED) is 0.291. The van der Waals surface area contributed by atoms with Crippen LogP contribution in [0.25, 0.3) is 0 Å². The molecule has 2 atom stereocenters. The highest BCUT2D eigenvalue weighted by Gasteiger charge is 2.12. The molecule has 0 aromatic heterocycles. The summed E-state index contributed by atoms with van der Waals surface area (Å²) < 4.78 is 9.27. The third kappa shape index (κ3) is 6.80. The molecule has 0 saturated heterocycles. The molecule has 14 heavy (non-hydrogen) atoms. The van der Waals surface area contributed by atoms with Gasteiger partial charge in [0, 0.05) is 0 Å². The number of carbonyl (C=O) groups excluding carboxylic acids is 2. The molecule has 0 aliphatic rings. The summed E-state index contributed by atoms with van der Waals surface area (Å²) >= 11 is 3.92. The number of halogens is 2. The number of esters is 2. The molecule has 0 N–H and O–H groups in total. The van der Waals surface area contributed by atoms with E-state index in [1.807, 2.05) is 45.2 Å². The zero-order chi connectivity index (χ0) is 11.1. The Labute approximate surface area is 110 Å². The minimum atomic E-state index is -0.288. The zero-order valence-corrected chi connectivity index (χ0v) is 12.3. The number of rotatable bonds is 5. The van der Waals surface area contributed by atoms with E-state index < -0.39 is 0 Å². The molecule has 0 aromatic carbocycles. The molecular formula is C8H12I2O4. The molecule has 0 radical (unpaired) electrons. The molecule has 6 heteroatoms. The first-order valence-corrected chi connectivity index (χ1v) is 6.55. The van der Waals surface area contributed by atoms with Crippen LogP contribution in [0, 0.1) is 0 Å². The molecule has 0 fully saturated rings. The summed E-state index contributed by atoms with van der Waals surface area (Å²) in [5, 5.41) is 0. The maximum absolute atomic E-state index is 10.9. The van der Waals surface area contributed by atoms with Crippen LogP contribution in [-0.4, -0.2) is 33.0 Å². The molecule has 0 heterocycles. The first kappa shape index (κ1) is 14.4. The van der Waals surface area contributed by atoms with Crippen molar-refractivity contribution in [2.45, 2.75) is 21.7 Å². The Morgan fingerprint density at radius 1 is 1.00 bits per heavy atom. The van der Waals surface area contributed by atoms with Crippen molar-refractivity contribution in [1.29, 1.82) is 0 Å². The number of hydrogen-bond donors (Lipinski definition) is 0. The van der Waals surface area contributed by atoms with Crippen LogP contribution in [0.1, 0.15) is 13.8 Å². The first-order valence-electron chi connectivity index (χ1n) is 4.06. The molecule has 82 valence electrons. The summed E-state index contributed by atoms with van der Waals surface area (Å²) in [7, 11) is 0. The van der Waals surface area contributed by atoms with Gasteiger partial charge in [-0.2, -0.15) is 0 Å². The molecule has 0 aromatic rings. The first-order chi connectivity index (χ1) is 6.45. The van der Waals surface area contributed by atoms with Crippen LogP contribution >= 0.6 is 45.2 Å². The van der Waals surface area contributed by atoms with Crippen molar-refractivity contribution in [2.75, 3.05) is 13.2 Å². The van der Waals surface area contributed by atoms with E-state index in [1.165, 1.54) is 0 Å². The summed E-state index contributed by atoms with van der Waals surface area (Å²) in [6, 6.07) is 0. The van der Waals surface area contributed by atoms with Crippen molar-refractivity contribution in [3.63, 3.8) is 0 Å². The monoisotopic (exact) mass is 426 g/mol. The molecular weight excluding hydrogens is 414 g/mol. The third-order valence-electron chi connectivity index (χ3n) is 1.22. The Balaban J connectivity index is 3.48. The highest BCUT2D eigenvalue weighted by molar-refractivity contribution is 14.1. The van der Waals surface area contributed by atoms with Gasteiger partial charge >= 0.3 is 11.9 Å². The second-order valence-electron chi connectivity index (χ2n) is 2.57. The van der Waals surface area contributed by atoms with Gasteiger partial charge in [0.15, 0.2) is 0 Å². The van der Waals surface area contributed by atoms with Crippen LogP contribution in [0.5, 0.6) is 0 Å². The SMILES string of the molecule is CC(I)C(=O)OCCOC(=O)C(C)I. The van der Waals surface area contributed by atoms with Crippen LogP contribution in [0.15, 0.2) is 0 Å². The Bertz CT molecular complexity index is 182. The molecule has 0 amide bonds. The Hall–Kier alpha value is 0.400. The van der Waals surface area contributed by atoms with E-state index in [0.717, 1.165) is 0 Å². The molecule has 0 aliphatic heterocycles. The van der Waals surface area contributed by atoms with Gasteiger partial charge in [0.05, 0.1) is 0 Å². The molecule has 2 unspecified atom stereocenters. The third-order valence-corrected chi connectivity index (χ3v) is 2.24. The van der Waals surface area contributed by atoms with Gasteiger partial charge in [-0.15, -0.1) is 0 Å². The molecule has 0 aliphatic carbocycles. The van der Waals surface area contributed by atoms with E-state index in [4.69, 9.17) is 9.47 Å². The van der Waals surface area contributed by atoms with Gasteiger partial charge in [-0.1, -0.05) is 45.2 Å². The molecule has 4 nitrogen and oxygen atoms in total. The van der Waals surface area contributed by atoms with Crippen molar-refractivity contribution < 1.29 is 19.1 Å². The van der Waals surface area contributed by atoms with Gasteiger partial charge in [-0.3, -0.25) is 9.59 Å². The fourth-order valence-electron chi connectivity index (χ4n) is 0.514. The van der Waals surface area contributed by atoms with Gasteiger partial charge in [-0.05, 0) is 13.8 Å². The molecule has 0 spiro atoms. The predicted octanol–water partition coefficient (Wildman–Crippen LogP) is 1.72. The fourth-order valence-corrected chi connectivity index (χ4v) is 0.874. The highest BCUT2D eigenvalue weighted by Crippen LogP contribution is 2.02. The number of ether oxygens (including phenoxy) is 2. The summed E-state index contributed by atoms with van der Waals surface area (Å²) in [4.78, 5) is 21.9. The fraction of sp³-hybridized carbons (Fsp3) is 0.750. The lowest BCUT2D eigenvalue weighted by atomic mass is 10.5. The summed E-state index contributed by atoms with van der Waals surface area (Å²) in [5.41, 5.74) is 0. The van der Waals surface area contributed by atoms with Gasteiger partial charge < -0.3 is 9.47 Å². The lowest BCUT2D eigenvalue weighted by Gasteiger charge is -2.07. The highest BCUT2D eigenvalue weighted by atomic mass is 127. The molecule has 0 bridgehead atoms. The van der Waals surface area contributed by atoms with Crippen LogP contribution in [0.2, 0.25) is 0 Å². The van der Waals surface area contributed by atoms with E-state index in [-0.39, 0.29) is 33.0 Å². The van der Waals surface area contributed by atoms with Crippen LogP contribution in [0.3, 0.4) is 0 Å². The molecule has 0 rings (SSSR count). The van der Waals surface area contributed by atoms with Crippen LogP contribution in [0.4, 0.5) is 0 Å². The Kier molecular flexibility index (Phi) is 7.88. The average molecular weight is 426 g/mol. The normalized spacial score (nSPS) is 14.3. The maximum atomic E-state index is 10.9. The van der Waals surface area contributed by atoms with Crippen LogP contribution in [-0.2, 0) is 19.1 Å². The van der Waals surface area contributed by atoms with E-state index in [1.54, 1.807) is 13.8 Å².